The van der Waals surface area contributed by atoms with E-state index in [1.54, 1.807) is 4.90 Å². The van der Waals surface area contributed by atoms with Crippen LogP contribution in [0.4, 0.5) is 0 Å². The van der Waals surface area contributed by atoms with Gasteiger partial charge in [-0.1, -0.05) is 68.4 Å². The third kappa shape index (κ3) is 4.91. The molecule has 1 aromatic heterocycles. The first-order valence-corrected chi connectivity index (χ1v) is 9.86. The minimum absolute atomic E-state index is 0.0445. The van der Waals surface area contributed by atoms with Crippen molar-refractivity contribution in [1.82, 2.24) is 15.0 Å². The predicted octanol–water partition coefficient (Wildman–Crippen LogP) is 5.48. The van der Waals surface area contributed by atoms with Crippen LogP contribution in [0, 0.1) is 0 Å². The molecule has 0 bridgehead atoms. The highest BCUT2D eigenvalue weighted by Crippen LogP contribution is 2.25. The van der Waals surface area contributed by atoms with Gasteiger partial charge in [0.15, 0.2) is 0 Å². The zero-order chi connectivity index (χ0) is 21.2. The van der Waals surface area contributed by atoms with E-state index < -0.39 is 5.54 Å². The molecule has 0 fully saturated rings. The topological polar surface area (TPSA) is 59.2 Å². The van der Waals surface area contributed by atoms with E-state index in [-0.39, 0.29) is 17.9 Å². The van der Waals surface area contributed by atoms with E-state index in [4.69, 9.17) is 4.52 Å². The van der Waals surface area contributed by atoms with Gasteiger partial charge in [0.25, 0.3) is 5.91 Å². The second-order valence-corrected chi connectivity index (χ2v) is 9.27. The van der Waals surface area contributed by atoms with E-state index in [0.717, 1.165) is 5.56 Å². The van der Waals surface area contributed by atoms with Gasteiger partial charge in [0.05, 0.1) is 0 Å². The molecule has 0 saturated carbocycles. The molecule has 3 rings (SSSR count). The molecule has 0 N–H and O–H groups in total. The number of carbonyl (C=O) groups is 1. The molecular weight excluding hydrogens is 362 g/mol. The van der Waals surface area contributed by atoms with Crippen LogP contribution in [0.2, 0.25) is 0 Å². The van der Waals surface area contributed by atoms with Gasteiger partial charge in [-0.25, -0.2) is 0 Å². The molecule has 3 aromatic rings. The molecule has 0 aliphatic rings. The lowest BCUT2D eigenvalue weighted by atomic mass is 9.86. The van der Waals surface area contributed by atoms with E-state index in [1.165, 1.54) is 5.56 Å². The number of hydrogen-bond acceptors (Lipinski definition) is 4. The summed E-state index contributed by atoms with van der Waals surface area (Å²) in [7, 11) is 0. The molecule has 29 heavy (non-hydrogen) atoms. The third-order valence-electron chi connectivity index (χ3n) is 4.85. The Kier molecular flexibility index (Phi) is 5.60. The Balaban J connectivity index is 1.84. The Morgan fingerprint density at radius 2 is 1.55 bits per heavy atom. The summed E-state index contributed by atoms with van der Waals surface area (Å²) < 4.78 is 5.44. The normalized spacial score (nSPS) is 12.1. The number of amides is 1. The van der Waals surface area contributed by atoms with Gasteiger partial charge < -0.3 is 9.42 Å². The van der Waals surface area contributed by atoms with Crippen LogP contribution in [0.15, 0.2) is 59.1 Å². The van der Waals surface area contributed by atoms with Crippen LogP contribution >= 0.6 is 0 Å². The fourth-order valence-electron chi connectivity index (χ4n) is 3.04. The summed E-state index contributed by atoms with van der Waals surface area (Å²) in [6, 6.07) is 17.5. The van der Waals surface area contributed by atoms with Crippen LogP contribution in [0.1, 0.15) is 63.4 Å². The van der Waals surface area contributed by atoms with Gasteiger partial charge in [-0.2, -0.15) is 4.98 Å². The number of hydrogen-bond donors (Lipinski definition) is 0. The minimum Gasteiger partial charge on any atom is -0.337 e. The second-order valence-electron chi connectivity index (χ2n) is 9.27. The highest BCUT2D eigenvalue weighted by atomic mass is 16.5. The molecule has 0 unspecified atom stereocenters. The van der Waals surface area contributed by atoms with E-state index in [9.17, 15) is 4.79 Å². The van der Waals surface area contributed by atoms with Crippen molar-refractivity contribution in [2.75, 3.05) is 0 Å². The van der Waals surface area contributed by atoms with Crippen molar-refractivity contribution in [3.63, 3.8) is 0 Å². The zero-order valence-electron chi connectivity index (χ0n) is 18.1. The highest BCUT2D eigenvalue weighted by molar-refractivity contribution is 5.94. The van der Waals surface area contributed by atoms with Crippen LogP contribution in [0.25, 0.3) is 11.4 Å². The molecule has 0 aliphatic carbocycles. The lowest BCUT2D eigenvalue weighted by Gasteiger charge is -2.34. The largest absolute Gasteiger partial charge is 0.337 e. The maximum Gasteiger partial charge on any atom is 0.254 e. The molecule has 152 valence electrons. The summed E-state index contributed by atoms with van der Waals surface area (Å²) >= 11 is 0. The zero-order valence-corrected chi connectivity index (χ0v) is 18.1. The Morgan fingerprint density at radius 1 is 0.931 bits per heavy atom. The summed E-state index contributed by atoms with van der Waals surface area (Å²) in [5.41, 5.74) is 2.37. The maximum absolute atomic E-state index is 13.3. The van der Waals surface area contributed by atoms with Gasteiger partial charge in [-0.05, 0) is 43.9 Å². The molecule has 0 saturated heterocycles. The molecule has 0 radical (unpaired) electrons. The highest BCUT2D eigenvalue weighted by Gasteiger charge is 2.29. The molecule has 2 aromatic carbocycles. The standard InChI is InChI=1S/C24H29N3O2/c1-23(2,3)19-14-12-18(13-15-19)22(28)27(24(4,5)6)16-20-25-21(26-29-20)17-10-8-7-9-11-17/h7-15H,16H2,1-6H3. The maximum atomic E-state index is 13.3. The molecule has 5 heteroatoms. The van der Waals surface area contributed by atoms with Gasteiger partial charge in [-0.15, -0.1) is 0 Å². The first-order valence-electron chi connectivity index (χ1n) is 9.86. The van der Waals surface area contributed by atoms with Gasteiger partial charge in [0, 0.05) is 16.7 Å². The minimum atomic E-state index is -0.402. The Hall–Kier alpha value is -2.95. The average Bonchev–Trinajstić information content (AvgIpc) is 3.14. The van der Waals surface area contributed by atoms with Crippen molar-refractivity contribution in [2.24, 2.45) is 0 Å². The third-order valence-corrected chi connectivity index (χ3v) is 4.85. The van der Waals surface area contributed by atoms with Gasteiger partial charge in [-0.3, -0.25) is 4.79 Å². The summed E-state index contributed by atoms with van der Waals surface area (Å²) in [6.07, 6.45) is 0. The summed E-state index contributed by atoms with van der Waals surface area (Å²) in [6.45, 7) is 12.7. The predicted molar refractivity (Wildman–Crippen MR) is 115 cm³/mol. The van der Waals surface area contributed by atoms with Crippen molar-refractivity contribution in [3.05, 3.63) is 71.6 Å². The van der Waals surface area contributed by atoms with Crippen LogP contribution < -0.4 is 0 Å². The number of rotatable bonds is 4. The average molecular weight is 392 g/mol. The van der Waals surface area contributed by atoms with Crippen LogP contribution in [0.5, 0.6) is 0 Å². The summed E-state index contributed by atoms with van der Waals surface area (Å²) in [4.78, 5) is 19.5. The van der Waals surface area contributed by atoms with Gasteiger partial charge in [0.2, 0.25) is 11.7 Å². The monoisotopic (exact) mass is 391 g/mol. The number of benzene rings is 2. The smallest absolute Gasteiger partial charge is 0.254 e. The van der Waals surface area contributed by atoms with Crippen molar-refractivity contribution in [2.45, 2.75) is 59.0 Å². The quantitative estimate of drug-likeness (QED) is 0.591. The molecule has 1 amide bonds. The van der Waals surface area contributed by atoms with Crippen molar-refractivity contribution in [1.29, 1.82) is 0 Å². The van der Waals surface area contributed by atoms with E-state index >= 15 is 0 Å². The van der Waals surface area contributed by atoms with Crippen LogP contribution in [-0.2, 0) is 12.0 Å². The Labute approximate surface area is 172 Å². The summed E-state index contributed by atoms with van der Waals surface area (Å²) in [5.74, 6) is 0.882. The first-order chi connectivity index (χ1) is 13.6. The number of aromatic nitrogens is 2. The molecule has 0 aliphatic heterocycles. The molecule has 0 spiro atoms. The Morgan fingerprint density at radius 3 is 2.10 bits per heavy atom. The lowest BCUT2D eigenvalue weighted by molar-refractivity contribution is 0.0526. The van der Waals surface area contributed by atoms with E-state index in [0.29, 0.717) is 17.3 Å². The van der Waals surface area contributed by atoms with E-state index in [2.05, 4.69) is 30.9 Å². The Bertz CT molecular complexity index is 962. The number of nitrogens with zero attached hydrogens (tertiary/aromatic N) is 3. The summed E-state index contributed by atoms with van der Waals surface area (Å²) in [5, 5.41) is 4.07. The second kappa shape index (κ2) is 7.82. The van der Waals surface area contributed by atoms with Crippen LogP contribution in [0.3, 0.4) is 0 Å². The van der Waals surface area contributed by atoms with E-state index in [1.807, 2.05) is 75.4 Å². The van der Waals surface area contributed by atoms with Crippen molar-refractivity contribution >= 4 is 5.91 Å². The van der Waals surface area contributed by atoms with Crippen molar-refractivity contribution in [3.8, 4) is 11.4 Å². The van der Waals surface area contributed by atoms with Gasteiger partial charge in [0.1, 0.15) is 6.54 Å². The lowest BCUT2D eigenvalue weighted by Crippen LogP contribution is -2.45. The molecule has 5 nitrogen and oxygen atoms in total. The van der Waals surface area contributed by atoms with Gasteiger partial charge >= 0.3 is 0 Å². The fraction of sp³-hybridized carbons (Fsp3) is 0.375. The molecule has 1 heterocycles. The first kappa shape index (κ1) is 20.8. The molecular formula is C24H29N3O2. The van der Waals surface area contributed by atoms with Crippen LogP contribution in [-0.4, -0.2) is 26.5 Å². The fourth-order valence-corrected chi connectivity index (χ4v) is 3.04. The number of carbonyl (C=O) groups excluding carboxylic acids is 1. The van der Waals surface area contributed by atoms with Crippen molar-refractivity contribution < 1.29 is 9.32 Å². The molecule has 0 atom stereocenters. The SMILES string of the molecule is CC(C)(C)c1ccc(C(=O)N(Cc2nc(-c3ccccc3)no2)C(C)(C)C)cc1.